The predicted molar refractivity (Wildman–Crippen MR) is 73.0 cm³/mol. The Kier molecular flexibility index (Phi) is 6.75. The Balaban J connectivity index is 2.14. The third kappa shape index (κ3) is 7.50. The Morgan fingerprint density at radius 1 is 1.32 bits per heavy atom. The SMILES string of the molecule is CC(C)(C)OC(=O)CCN1CCC(OCCO)CC1. The number of likely N-dealkylation sites (tertiary alicyclic amines) is 1. The van der Waals surface area contributed by atoms with Crippen molar-refractivity contribution in [2.24, 2.45) is 0 Å². The molecule has 1 N–H and O–H groups in total. The molecule has 0 atom stereocenters. The molecule has 1 heterocycles. The van der Waals surface area contributed by atoms with E-state index in [9.17, 15) is 4.79 Å². The van der Waals surface area contributed by atoms with Crippen molar-refractivity contribution in [1.29, 1.82) is 0 Å². The number of carbonyl (C=O) groups excluding carboxylic acids is 1. The van der Waals surface area contributed by atoms with E-state index in [1.165, 1.54) is 0 Å². The minimum atomic E-state index is -0.401. The first-order chi connectivity index (χ1) is 8.90. The molecule has 0 unspecified atom stereocenters. The second-order valence-electron chi connectivity index (χ2n) is 5.97. The van der Waals surface area contributed by atoms with Gasteiger partial charge in [-0.05, 0) is 33.6 Å². The number of esters is 1. The van der Waals surface area contributed by atoms with E-state index in [0.717, 1.165) is 32.5 Å². The number of aliphatic hydroxyl groups is 1. The number of carbonyl (C=O) groups is 1. The average molecular weight is 273 g/mol. The summed E-state index contributed by atoms with van der Waals surface area (Å²) in [5.41, 5.74) is -0.401. The van der Waals surface area contributed by atoms with E-state index < -0.39 is 5.60 Å². The van der Waals surface area contributed by atoms with Crippen LogP contribution in [0.5, 0.6) is 0 Å². The molecule has 112 valence electrons. The summed E-state index contributed by atoms with van der Waals surface area (Å²) < 4.78 is 10.8. The monoisotopic (exact) mass is 273 g/mol. The lowest BCUT2D eigenvalue weighted by atomic mass is 10.1. The van der Waals surface area contributed by atoms with Gasteiger partial charge in [-0.15, -0.1) is 0 Å². The number of piperidine rings is 1. The van der Waals surface area contributed by atoms with Crippen LogP contribution in [0.15, 0.2) is 0 Å². The van der Waals surface area contributed by atoms with Gasteiger partial charge in [0.25, 0.3) is 0 Å². The summed E-state index contributed by atoms with van der Waals surface area (Å²) in [5.74, 6) is -0.133. The Bertz CT molecular complexity index is 267. The zero-order valence-electron chi connectivity index (χ0n) is 12.4. The van der Waals surface area contributed by atoms with Crippen LogP contribution in [0.2, 0.25) is 0 Å². The molecule has 19 heavy (non-hydrogen) atoms. The second kappa shape index (κ2) is 7.82. The highest BCUT2D eigenvalue weighted by atomic mass is 16.6. The van der Waals surface area contributed by atoms with Crippen LogP contribution < -0.4 is 0 Å². The summed E-state index contributed by atoms with van der Waals surface area (Å²) in [6, 6.07) is 0. The number of aliphatic hydroxyl groups excluding tert-OH is 1. The van der Waals surface area contributed by atoms with Crippen LogP contribution in [0.1, 0.15) is 40.0 Å². The van der Waals surface area contributed by atoms with Crippen molar-refractivity contribution in [3.05, 3.63) is 0 Å². The normalized spacial score (nSPS) is 18.5. The number of ether oxygens (including phenoxy) is 2. The third-order valence-electron chi connectivity index (χ3n) is 3.03. The molecule has 1 saturated heterocycles. The lowest BCUT2D eigenvalue weighted by Gasteiger charge is -2.31. The van der Waals surface area contributed by atoms with Crippen molar-refractivity contribution < 1.29 is 19.4 Å². The number of rotatable bonds is 6. The molecular weight excluding hydrogens is 246 g/mol. The largest absolute Gasteiger partial charge is 0.460 e. The van der Waals surface area contributed by atoms with Gasteiger partial charge in [-0.2, -0.15) is 0 Å². The molecule has 0 saturated carbocycles. The maximum Gasteiger partial charge on any atom is 0.307 e. The van der Waals surface area contributed by atoms with Gasteiger partial charge in [0.2, 0.25) is 0 Å². The standard InChI is InChI=1S/C14H27NO4/c1-14(2,3)19-13(17)6-9-15-7-4-12(5-8-15)18-11-10-16/h12,16H,4-11H2,1-3H3. The zero-order chi connectivity index (χ0) is 14.3. The molecule has 1 aliphatic heterocycles. The van der Waals surface area contributed by atoms with Crippen LogP contribution in [-0.4, -0.2) is 60.5 Å². The van der Waals surface area contributed by atoms with E-state index in [1.54, 1.807) is 0 Å². The molecular formula is C14H27NO4. The maximum absolute atomic E-state index is 11.6. The van der Waals surface area contributed by atoms with Gasteiger partial charge in [0.15, 0.2) is 0 Å². The molecule has 0 aliphatic carbocycles. The molecule has 0 radical (unpaired) electrons. The number of hydrogen-bond acceptors (Lipinski definition) is 5. The maximum atomic E-state index is 11.6. The Morgan fingerprint density at radius 3 is 2.47 bits per heavy atom. The van der Waals surface area contributed by atoms with Crippen molar-refractivity contribution in [3.8, 4) is 0 Å². The number of hydrogen-bond donors (Lipinski definition) is 1. The fraction of sp³-hybridized carbons (Fsp3) is 0.929. The lowest BCUT2D eigenvalue weighted by Crippen LogP contribution is -2.39. The molecule has 1 rings (SSSR count). The molecule has 0 aromatic rings. The minimum absolute atomic E-state index is 0.0822. The van der Waals surface area contributed by atoms with Gasteiger partial charge in [-0.3, -0.25) is 4.79 Å². The molecule has 5 heteroatoms. The van der Waals surface area contributed by atoms with Gasteiger partial charge in [-0.25, -0.2) is 0 Å². The molecule has 0 bridgehead atoms. The lowest BCUT2D eigenvalue weighted by molar-refractivity contribution is -0.155. The smallest absolute Gasteiger partial charge is 0.307 e. The Morgan fingerprint density at radius 2 is 1.95 bits per heavy atom. The molecule has 0 amide bonds. The predicted octanol–water partition coefficient (Wildman–Crippen LogP) is 1.19. The highest BCUT2D eigenvalue weighted by molar-refractivity contribution is 5.70. The molecule has 0 aromatic carbocycles. The molecule has 0 spiro atoms. The molecule has 0 aromatic heterocycles. The summed E-state index contributed by atoms with van der Waals surface area (Å²) in [6.45, 7) is 8.79. The van der Waals surface area contributed by atoms with E-state index >= 15 is 0 Å². The molecule has 1 aliphatic rings. The van der Waals surface area contributed by atoms with Crippen molar-refractivity contribution in [1.82, 2.24) is 4.90 Å². The second-order valence-corrected chi connectivity index (χ2v) is 5.97. The topological polar surface area (TPSA) is 59.0 Å². The summed E-state index contributed by atoms with van der Waals surface area (Å²) in [7, 11) is 0. The summed E-state index contributed by atoms with van der Waals surface area (Å²) in [4.78, 5) is 13.9. The van der Waals surface area contributed by atoms with Crippen molar-refractivity contribution in [3.63, 3.8) is 0 Å². The van der Waals surface area contributed by atoms with Crippen LogP contribution in [0.4, 0.5) is 0 Å². The van der Waals surface area contributed by atoms with Gasteiger partial charge in [0.1, 0.15) is 5.60 Å². The van der Waals surface area contributed by atoms with E-state index in [0.29, 0.717) is 13.0 Å². The Labute approximate surface area is 115 Å². The highest BCUT2D eigenvalue weighted by Gasteiger charge is 2.21. The van der Waals surface area contributed by atoms with Crippen LogP contribution in [0.3, 0.4) is 0 Å². The van der Waals surface area contributed by atoms with Crippen LogP contribution in [0.25, 0.3) is 0 Å². The van der Waals surface area contributed by atoms with Crippen LogP contribution >= 0.6 is 0 Å². The minimum Gasteiger partial charge on any atom is -0.460 e. The van der Waals surface area contributed by atoms with E-state index in [2.05, 4.69) is 4.90 Å². The molecule has 1 fully saturated rings. The fourth-order valence-electron chi connectivity index (χ4n) is 2.16. The van der Waals surface area contributed by atoms with Crippen LogP contribution in [0, 0.1) is 0 Å². The Hall–Kier alpha value is -0.650. The fourth-order valence-corrected chi connectivity index (χ4v) is 2.16. The highest BCUT2D eigenvalue weighted by Crippen LogP contribution is 2.14. The molecule has 5 nitrogen and oxygen atoms in total. The third-order valence-corrected chi connectivity index (χ3v) is 3.03. The number of nitrogens with zero attached hydrogens (tertiary/aromatic N) is 1. The van der Waals surface area contributed by atoms with Crippen LogP contribution in [-0.2, 0) is 14.3 Å². The van der Waals surface area contributed by atoms with Crippen molar-refractivity contribution >= 4 is 5.97 Å². The average Bonchev–Trinajstić information content (AvgIpc) is 2.33. The van der Waals surface area contributed by atoms with Gasteiger partial charge < -0.3 is 19.5 Å². The first kappa shape index (κ1) is 16.4. The van der Waals surface area contributed by atoms with Gasteiger partial charge in [0, 0.05) is 19.6 Å². The summed E-state index contributed by atoms with van der Waals surface area (Å²) in [6.07, 6.45) is 2.63. The van der Waals surface area contributed by atoms with Crippen molar-refractivity contribution in [2.75, 3.05) is 32.8 Å². The first-order valence-corrected chi connectivity index (χ1v) is 7.07. The summed E-state index contributed by atoms with van der Waals surface area (Å²) >= 11 is 0. The van der Waals surface area contributed by atoms with Gasteiger partial charge in [-0.1, -0.05) is 0 Å². The zero-order valence-corrected chi connectivity index (χ0v) is 12.4. The quantitative estimate of drug-likeness (QED) is 0.737. The van der Waals surface area contributed by atoms with E-state index in [1.807, 2.05) is 20.8 Å². The summed E-state index contributed by atoms with van der Waals surface area (Å²) in [5, 5.41) is 8.70. The van der Waals surface area contributed by atoms with E-state index in [-0.39, 0.29) is 18.7 Å². The van der Waals surface area contributed by atoms with Gasteiger partial charge in [0.05, 0.1) is 25.7 Å². The van der Waals surface area contributed by atoms with E-state index in [4.69, 9.17) is 14.6 Å². The first-order valence-electron chi connectivity index (χ1n) is 7.07. The van der Waals surface area contributed by atoms with Crippen molar-refractivity contribution in [2.45, 2.75) is 51.7 Å². The van der Waals surface area contributed by atoms with Gasteiger partial charge >= 0.3 is 5.97 Å².